The first kappa shape index (κ1) is 12.3. The number of imidazole rings is 1. The molecule has 1 N–H and O–H groups in total. The van der Waals surface area contributed by atoms with Crippen LogP contribution < -0.4 is 0 Å². The summed E-state index contributed by atoms with van der Waals surface area (Å²) in [7, 11) is 0. The molecule has 0 spiro atoms. The van der Waals surface area contributed by atoms with Crippen molar-refractivity contribution < 1.29 is 5.11 Å². The third-order valence-electron chi connectivity index (χ3n) is 2.73. The Balaban J connectivity index is 2.07. The van der Waals surface area contributed by atoms with Gasteiger partial charge in [-0.25, -0.2) is 4.98 Å². The molecule has 1 atom stereocenters. The van der Waals surface area contributed by atoms with Gasteiger partial charge in [0, 0.05) is 35.1 Å². The van der Waals surface area contributed by atoms with Crippen molar-refractivity contribution in [2.45, 2.75) is 39.3 Å². The predicted molar refractivity (Wildman–Crippen MR) is 70.2 cm³/mol. The third kappa shape index (κ3) is 2.96. The second kappa shape index (κ2) is 5.47. The van der Waals surface area contributed by atoms with E-state index in [4.69, 9.17) is 0 Å². The number of rotatable bonds is 5. The van der Waals surface area contributed by atoms with E-state index in [-0.39, 0.29) is 0 Å². The lowest BCUT2D eigenvalue weighted by atomic mass is 10.2. The first-order valence-corrected chi connectivity index (χ1v) is 6.76. The molecule has 0 bridgehead atoms. The monoisotopic (exact) mass is 250 g/mol. The molecule has 4 heteroatoms. The molecule has 2 aromatic heterocycles. The minimum atomic E-state index is -0.438. The number of hydrogen-bond acceptors (Lipinski definition) is 3. The molecular formula is C13H18N2OS. The zero-order chi connectivity index (χ0) is 12.3. The van der Waals surface area contributed by atoms with Gasteiger partial charge in [0.05, 0.1) is 6.10 Å². The van der Waals surface area contributed by atoms with E-state index in [0.717, 1.165) is 23.7 Å². The number of thiophene rings is 1. The van der Waals surface area contributed by atoms with Crippen LogP contribution in [0.25, 0.3) is 0 Å². The molecular weight excluding hydrogens is 232 g/mol. The molecule has 17 heavy (non-hydrogen) atoms. The van der Waals surface area contributed by atoms with Crippen molar-refractivity contribution in [1.82, 2.24) is 9.55 Å². The summed E-state index contributed by atoms with van der Waals surface area (Å²) in [5.74, 6) is 0.963. The summed E-state index contributed by atoms with van der Waals surface area (Å²) < 4.78 is 2.11. The Morgan fingerprint density at radius 1 is 1.47 bits per heavy atom. The fraction of sp³-hybridized carbons (Fsp3) is 0.462. The van der Waals surface area contributed by atoms with E-state index in [1.165, 1.54) is 4.88 Å². The van der Waals surface area contributed by atoms with Crippen LogP contribution in [-0.2, 0) is 13.0 Å². The highest BCUT2D eigenvalue weighted by Crippen LogP contribution is 2.25. The number of aliphatic hydroxyl groups excluding tert-OH is 1. The number of hydrogen-bond donors (Lipinski definition) is 1. The Labute approximate surface area is 106 Å². The maximum atomic E-state index is 10.2. The first-order valence-electron chi connectivity index (χ1n) is 5.95. The Morgan fingerprint density at radius 3 is 2.94 bits per heavy atom. The van der Waals surface area contributed by atoms with Gasteiger partial charge in [-0.05, 0) is 25.5 Å². The van der Waals surface area contributed by atoms with Gasteiger partial charge in [-0.3, -0.25) is 0 Å². The first-order chi connectivity index (χ1) is 8.20. The molecule has 2 aromatic rings. The molecule has 0 aliphatic carbocycles. The van der Waals surface area contributed by atoms with E-state index in [0.29, 0.717) is 6.42 Å². The molecule has 2 rings (SSSR count). The highest BCUT2D eigenvalue weighted by molar-refractivity contribution is 7.12. The normalized spacial score (nSPS) is 12.9. The fourth-order valence-electron chi connectivity index (χ4n) is 1.88. The van der Waals surface area contributed by atoms with Crippen LogP contribution in [-0.4, -0.2) is 14.7 Å². The fourth-order valence-corrected chi connectivity index (χ4v) is 2.74. The molecule has 0 saturated carbocycles. The van der Waals surface area contributed by atoms with Crippen LogP contribution in [0.1, 0.15) is 35.0 Å². The van der Waals surface area contributed by atoms with Crippen molar-refractivity contribution >= 4 is 11.3 Å². The van der Waals surface area contributed by atoms with Crippen LogP contribution in [0.15, 0.2) is 24.5 Å². The van der Waals surface area contributed by atoms with Crippen LogP contribution >= 0.6 is 11.3 Å². The molecule has 92 valence electrons. The van der Waals surface area contributed by atoms with E-state index < -0.39 is 6.10 Å². The maximum Gasteiger partial charge on any atom is 0.111 e. The van der Waals surface area contributed by atoms with Gasteiger partial charge in [0.2, 0.25) is 0 Å². The Hall–Kier alpha value is -1.13. The lowest BCUT2D eigenvalue weighted by Crippen LogP contribution is -2.08. The molecule has 0 fully saturated rings. The summed E-state index contributed by atoms with van der Waals surface area (Å²) in [4.78, 5) is 6.57. The lowest BCUT2D eigenvalue weighted by molar-refractivity contribution is 0.178. The molecule has 0 aliphatic rings. The van der Waals surface area contributed by atoms with E-state index >= 15 is 0 Å². The van der Waals surface area contributed by atoms with Crippen LogP contribution in [0.2, 0.25) is 0 Å². The Bertz CT molecular complexity index is 475. The SMILES string of the molecule is CCCn1ccnc1CC(O)c1ccc(C)s1. The molecule has 1 unspecified atom stereocenters. The number of aliphatic hydroxyl groups is 1. The Morgan fingerprint density at radius 2 is 2.29 bits per heavy atom. The quantitative estimate of drug-likeness (QED) is 0.886. The van der Waals surface area contributed by atoms with Gasteiger partial charge in [0.15, 0.2) is 0 Å². The minimum Gasteiger partial charge on any atom is -0.387 e. The van der Waals surface area contributed by atoms with Gasteiger partial charge >= 0.3 is 0 Å². The van der Waals surface area contributed by atoms with Crippen LogP contribution in [0, 0.1) is 6.92 Å². The van der Waals surface area contributed by atoms with Gasteiger partial charge in [0.1, 0.15) is 5.82 Å². The van der Waals surface area contributed by atoms with E-state index in [1.807, 2.05) is 18.3 Å². The summed E-state index contributed by atoms with van der Waals surface area (Å²) >= 11 is 1.65. The molecule has 0 amide bonds. The Kier molecular flexibility index (Phi) is 3.97. The van der Waals surface area contributed by atoms with Gasteiger partial charge in [-0.15, -0.1) is 11.3 Å². The third-order valence-corrected chi connectivity index (χ3v) is 3.83. The summed E-state index contributed by atoms with van der Waals surface area (Å²) in [6.07, 6.45) is 5.01. The van der Waals surface area contributed by atoms with Crippen LogP contribution in [0.3, 0.4) is 0 Å². The topological polar surface area (TPSA) is 38.0 Å². The highest BCUT2D eigenvalue weighted by Gasteiger charge is 2.13. The van der Waals surface area contributed by atoms with Gasteiger partial charge in [-0.1, -0.05) is 6.92 Å². The summed E-state index contributed by atoms with van der Waals surface area (Å²) in [5.41, 5.74) is 0. The smallest absolute Gasteiger partial charge is 0.111 e. The molecule has 0 saturated heterocycles. The zero-order valence-corrected chi connectivity index (χ0v) is 11.1. The van der Waals surface area contributed by atoms with Gasteiger partial charge < -0.3 is 9.67 Å². The molecule has 0 aromatic carbocycles. The number of nitrogens with zero attached hydrogens (tertiary/aromatic N) is 2. The second-order valence-corrected chi connectivity index (χ2v) is 5.52. The predicted octanol–water partition coefficient (Wildman–Crippen LogP) is 2.94. The van der Waals surface area contributed by atoms with Crippen molar-refractivity contribution in [2.75, 3.05) is 0 Å². The van der Waals surface area contributed by atoms with Gasteiger partial charge in [-0.2, -0.15) is 0 Å². The average Bonchev–Trinajstić information content (AvgIpc) is 2.89. The van der Waals surface area contributed by atoms with E-state index in [2.05, 4.69) is 23.4 Å². The summed E-state index contributed by atoms with van der Waals surface area (Å²) in [6, 6.07) is 4.04. The summed E-state index contributed by atoms with van der Waals surface area (Å²) in [5, 5.41) is 10.2. The van der Waals surface area contributed by atoms with E-state index in [9.17, 15) is 5.11 Å². The van der Waals surface area contributed by atoms with Crippen molar-refractivity contribution in [3.63, 3.8) is 0 Å². The van der Waals surface area contributed by atoms with Gasteiger partial charge in [0.25, 0.3) is 0 Å². The largest absolute Gasteiger partial charge is 0.387 e. The van der Waals surface area contributed by atoms with Crippen molar-refractivity contribution in [3.8, 4) is 0 Å². The van der Waals surface area contributed by atoms with Crippen LogP contribution in [0.4, 0.5) is 0 Å². The average molecular weight is 250 g/mol. The summed E-state index contributed by atoms with van der Waals surface area (Å²) in [6.45, 7) is 5.16. The second-order valence-electron chi connectivity index (χ2n) is 4.21. The molecule has 0 aliphatic heterocycles. The minimum absolute atomic E-state index is 0.438. The number of aryl methyl sites for hydroxylation is 2. The molecule has 2 heterocycles. The van der Waals surface area contributed by atoms with E-state index in [1.54, 1.807) is 17.5 Å². The number of aromatic nitrogens is 2. The maximum absolute atomic E-state index is 10.2. The zero-order valence-electron chi connectivity index (χ0n) is 10.3. The lowest BCUT2D eigenvalue weighted by Gasteiger charge is -2.10. The van der Waals surface area contributed by atoms with Crippen molar-refractivity contribution in [2.24, 2.45) is 0 Å². The highest BCUT2D eigenvalue weighted by atomic mass is 32.1. The van der Waals surface area contributed by atoms with Crippen molar-refractivity contribution in [1.29, 1.82) is 0 Å². The molecule has 0 radical (unpaired) electrons. The molecule has 3 nitrogen and oxygen atoms in total. The van der Waals surface area contributed by atoms with Crippen molar-refractivity contribution in [3.05, 3.63) is 40.1 Å². The van der Waals surface area contributed by atoms with Crippen LogP contribution in [0.5, 0.6) is 0 Å². The standard InChI is InChI=1S/C13H18N2OS/c1-3-7-15-8-6-14-13(15)9-11(16)12-5-4-10(2)17-12/h4-6,8,11,16H,3,7,9H2,1-2H3.